The minimum atomic E-state index is -3.52. The van der Waals surface area contributed by atoms with E-state index in [1.807, 2.05) is 41.2 Å². The van der Waals surface area contributed by atoms with Gasteiger partial charge in [0.05, 0.1) is 17.6 Å². The molecule has 174 valence electrons. The third-order valence-corrected chi connectivity index (χ3v) is 7.86. The summed E-state index contributed by atoms with van der Waals surface area (Å²) < 4.78 is 29.3. The van der Waals surface area contributed by atoms with Gasteiger partial charge >= 0.3 is 0 Å². The zero-order valence-electron chi connectivity index (χ0n) is 18.9. The Morgan fingerprint density at radius 3 is 2.27 bits per heavy atom. The minimum absolute atomic E-state index is 0.162. The number of aromatic nitrogens is 2. The van der Waals surface area contributed by atoms with Crippen LogP contribution in [-0.4, -0.2) is 53.4 Å². The van der Waals surface area contributed by atoms with Gasteiger partial charge in [0.15, 0.2) is 0 Å². The van der Waals surface area contributed by atoms with Crippen LogP contribution in [0.25, 0.3) is 0 Å². The molecule has 0 spiro atoms. The predicted octanol–water partition coefficient (Wildman–Crippen LogP) is 3.77. The van der Waals surface area contributed by atoms with Crippen LogP contribution in [0.3, 0.4) is 0 Å². The average molecular weight is 467 g/mol. The minimum Gasteiger partial charge on any atom is -0.337 e. The van der Waals surface area contributed by atoms with E-state index in [0.717, 1.165) is 36.8 Å². The number of hydrogen-bond acceptors (Lipinski definition) is 4. The Labute approximate surface area is 195 Å². The molecule has 1 aromatic heterocycles. The molecule has 0 aliphatic carbocycles. The van der Waals surface area contributed by atoms with Crippen molar-refractivity contribution < 1.29 is 13.2 Å². The van der Waals surface area contributed by atoms with Gasteiger partial charge in [-0.05, 0) is 42.7 Å². The van der Waals surface area contributed by atoms with E-state index in [2.05, 4.69) is 5.10 Å². The Kier molecular flexibility index (Phi) is 7.25. The van der Waals surface area contributed by atoms with Gasteiger partial charge in [0.1, 0.15) is 0 Å². The van der Waals surface area contributed by atoms with Crippen LogP contribution < -0.4 is 0 Å². The molecule has 1 amide bonds. The second-order valence-electron chi connectivity index (χ2n) is 8.54. The van der Waals surface area contributed by atoms with Gasteiger partial charge < -0.3 is 4.90 Å². The van der Waals surface area contributed by atoms with Crippen LogP contribution in [-0.2, 0) is 23.1 Å². The zero-order chi connectivity index (χ0) is 23.3. The monoisotopic (exact) mass is 466 g/mol. The van der Waals surface area contributed by atoms with Crippen molar-refractivity contribution in [2.75, 3.05) is 20.1 Å². The average Bonchev–Trinajstić information content (AvgIpc) is 3.08. The number of hydrogen-bond donors (Lipinski definition) is 0. The van der Waals surface area contributed by atoms with Gasteiger partial charge in [0.2, 0.25) is 10.0 Å². The van der Waals surface area contributed by atoms with E-state index in [1.165, 1.54) is 0 Å². The first kappa shape index (κ1) is 23.2. The van der Waals surface area contributed by atoms with E-state index in [-0.39, 0.29) is 10.8 Å². The largest absolute Gasteiger partial charge is 0.337 e. The summed E-state index contributed by atoms with van der Waals surface area (Å²) >= 11 is 0. The van der Waals surface area contributed by atoms with Crippen LogP contribution in [0, 0.1) is 0 Å². The van der Waals surface area contributed by atoms with Crippen molar-refractivity contribution in [1.82, 2.24) is 19.0 Å². The third-order valence-electron chi connectivity index (χ3n) is 5.94. The first-order valence-electron chi connectivity index (χ1n) is 11.3. The standard InChI is InChI=1S/C25H30N4O3S/c1-27(18-22-17-26-28(20-22)19-21-9-5-4-6-10-21)25(30)23-11-13-24(14-12-23)33(31,32)29-15-7-2-3-8-16-29/h4-6,9-14,17,20H,2-3,7-8,15-16,18-19H2,1H3. The second-order valence-corrected chi connectivity index (χ2v) is 10.5. The van der Waals surface area contributed by atoms with Gasteiger partial charge in [-0.15, -0.1) is 0 Å². The lowest BCUT2D eigenvalue weighted by atomic mass is 10.2. The van der Waals surface area contributed by atoms with Crippen LogP contribution in [0.2, 0.25) is 0 Å². The summed E-state index contributed by atoms with van der Waals surface area (Å²) in [6.07, 6.45) is 7.62. The highest BCUT2D eigenvalue weighted by molar-refractivity contribution is 7.89. The van der Waals surface area contributed by atoms with Gasteiger partial charge in [0, 0.05) is 44.0 Å². The molecule has 0 saturated carbocycles. The smallest absolute Gasteiger partial charge is 0.253 e. The van der Waals surface area contributed by atoms with E-state index in [9.17, 15) is 13.2 Å². The second kappa shape index (κ2) is 10.3. The molecule has 0 unspecified atom stereocenters. The molecule has 3 aromatic rings. The van der Waals surface area contributed by atoms with Crippen LogP contribution in [0.5, 0.6) is 0 Å². The number of nitrogens with zero attached hydrogens (tertiary/aromatic N) is 4. The summed E-state index contributed by atoms with van der Waals surface area (Å²) in [6.45, 7) is 2.21. The maximum atomic E-state index is 13.0. The number of amides is 1. The van der Waals surface area contributed by atoms with Crippen molar-refractivity contribution in [2.24, 2.45) is 0 Å². The Morgan fingerprint density at radius 2 is 1.61 bits per heavy atom. The predicted molar refractivity (Wildman–Crippen MR) is 127 cm³/mol. The zero-order valence-corrected chi connectivity index (χ0v) is 19.7. The Morgan fingerprint density at radius 1 is 0.939 bits per heavy atom. The molecule has 8 heteroatoms. The lowest BCUT2D eigenvalue weighted by Crippen LogP contribution is -2.32. The molecule has 1 aliphatic heterocycles. The first-order valence-corrected chi connectivity index (χ1v) is 12.8. The van der Waals surface area contributed by atoms with Crippen LogP contribution in [0.1, 0.15) is 47.2 Å². The molecule has 7 nitrogen and oxygen atoms in total. The molecule has 4 rings (SSSR count). The number of sulfonamides is 1. The first-order chi connectivity index (χ1) is 15.9. The molecule has 1 aliphatic rings. The number of carbonyl (C=O) groups excluding carboxylic acids is 1. The van der Waals surface area contributed by atoms with Crippen molar-refractivity contribution in [3.05, 3.63) is 83.7 Å². The lowest BCUT2D eigenvalue weighted by Gasteiger charge is -2.20. The van der Waals surface area contributed by atoms with E-state index in [1.54, 1.807) is 46.7 Å². The van der Waals surface area contributed by atoms with Crippen molar-refractivity contribution in [3.63, 3.8) is 0 Å². The van der Waals surface area contributed by atoms with Crippen LogP contribution in [0.15, 0.2) is 71.9 Å². The number of carbonyl (C=O) groups is 1. The Balaban J connectivity index is 1.39. The number of rotatable bonds is 7. The van der Waals surface area contributed by atoms with E-state index in [0.29, 0.717) is 31.7 Å². The van der Waals surface area contributed by atoms with Crippen molar-refractivity contribution in [3.8, 4) is 0 Å². The molecule has 33 heavy (non-hydrogen) atoms. The molecular formula is C25H30N4O3S. The van der Waals surface area contributed by atoms with Gasteiger partial charge in [-0.3, -0.25) is 9.48 Å². The van der Waals surface area contributed by atoms with Crippen molar-refractivity contribution in [1.29, 1.82) is 0 Å². The van der Waals surface area contributed by atoms with Gasteiger partial charge in [-0.1, -0.05) is 43.2 Å². The van der Waals surface area contributed by atoms with Crippen molar-refractivity contribution in [2.45, 2.75) is 43.7 Å². The molecule has 0 bridgehead atoms. The van der Waals surface area contributed by atoms with E-state index in [4.69, 9.17) is 0 Å². The fourth-order valence-corrected chi connectivity index (χ4v) is 5.63. The summed E-state index contributed by atoms with van der Waals surface area (Å²) in [5.74, 6) is -0.162. The molecule has 2 heterocycles. The molecule has 1 fully saturated rings. The molecule has 1 saturated heterocycles. The fraction of sp³-hybridized carbons (Fsp3) is 0.360. The van der Waals surface area contributed by atoms with E-state index < -0.39 is 10.0 Å². The van der Waals surface area contributed by atoms with Gasteiger partial charge in [-0.25, -0.2) is 8.42 Å². The van der Waals surface area contributed by atoms with Crippen molar-refractivity contribution >= 4 is 15.9 Å². The maximum absolute atomic E-state index is 13.0. The summed E-state index contributed by atoms with van der Waals surface area (Å²) in [7, 11) is -1.79. The molecule has 0 atom stereocenters. The summed E-state index contributed by atoms with van der Waals surface area (Å²) in [6, 6.07) is 16.4. The fourth-order valence-electron chi connectivity index (χ4n) is 4.11. The molecule has 0 N–H and O–H groups in total. The van der Waals surface area contributed by atoms with Gasteiger partial charge in [-0.2, -0.15) is 9.40 Å². The van der Waals surface area contributed by atoms with Crippen LogP contribution >= 0.6 is 0 Å². The highest BCUT2D eigenvalue weighted by atomic mass is 32.2. The Hall–Kier alpha value is -2.97. The molecule has 0 radical (unpaired) electrons. The SMILES string of the molecule is CN(Cc1cnn(Cc2ccccc2)c1)C(=O)c1ccc(S(=O)(=O)N2CCCCCC2)cc1. The quantitative estimate of drug-likeness (QED) is 0.531. The van der Waals surface area contributed by atoms with Crippen LogP contribution in [0.4, 0.5) is 0 Å². The normalized spacial score (nSPS) is 15.2. The summed E-state index contributed by atoms with van der Waals surface area (Å²) in [5, 5.41) is 4.39. The maximum Gasteiger partial charge on any atom is 0.253 e. The highest BCUT2D eigenvalue weighted by Gasteiger charge is 2.25. The highest BCUT2D eigenvalue weighted by Crippen LogP contribution is 2.21. The molecular weight excluding hydrogens is 436 g/mol. The summed E-state index contributed by atoms with van der Waals surface area (Å²) in [5.41, 5.74) is 2.55. The Bertz CT molecular complexity index is 1170. The molecule has 2 aromatic carbocycles. The number of benzene rings is 2. The van der Waals surface area contributed by atoms with Gasteiger partial charge in [0.25, 0.3) is 5.91 Å². The van der Waals surface area contributed by atoms with E-state index >= 15 is 0 Å². The summed E-state index contributed by atoms with van der Waals surface area (Å²) in [4.78, 5) is 14.7. The lowest BCUT2D eigenvalue weighted by molar-refractivity contribution is 0.0785. The topological polar surface area (TPSA) is 75.5 Å². The third kappa shape index (κ3) is 5.69.